The largest absolute Gasteiger partial charge is 0.393 e. The molecule has 6 heteroatoms. The Bertz CT molecular complexity index is 428. The Kier molecular flexibility index (Phi) is 5.77. The van der Waals surface area contributed by atoms with Gasteiger partial charge in [0.15, 0.2) is 0 Å². The summed E-state index contributed by atoms with van der Waals surface area (Å²) in [5.41, 5.74) is 6.87. The summed E-state index contributed by atoms with van der Waals surface area (Å²) < 4.78 is 1.71. The van der Waals surface area contributed by atoms with Gasteiger partial charge < -0.3 is 11.1 Å². The van der Waals surface area contributed by atoms with Crippen LogP contribution in [0.1, 0.15) is 42.4 Å². The van der Waals surface area contributed by atoms with E-state index in [0.717, 1.165) is 25.0 Å². The number of aromatic nitrogens is 2. The number of nitrogens with two attached hydrogens (primary N) is 1. The van der Waals surface area contributed by atoms with Gasteiger partial charge in [0, 0.05) is 13.1 Å². The molecule has 1 heterocycles. The van der Waals surface area contributed by atoms with E-state index in [9.17, 15) is 4.79 Å². The van der Waals surface area contributed by atoms with Gasteiger partial charge in [-0.15, -0.1) is 0 Å². The molecule has 1 aromatic heterocycles. The molecule has 0 fully saturated rings. The molecular formula is C12H20N4OS. The van der Waals surface area contributed by atoms with Gasteiger partial charge in [-0.1, -0.05) is 12.2 Å². The SMILES string of the molecule is CCn1nc(C)cc1C(=O)NCCCCC(N)=S. The molecule has 0 aliphatic carbocycles. The molecule has 1 rings (SSSR count). The van der Waals surface area contributed by atoms with Crippen molar-refractivity contribution in [3.8, 4) is 0 Å². The fourth-order valence-electron chi connectivity index (χ4n) is 1.69. The Hall–Kier alpha value is -1.43. The first-order valence-corrected chi connectivity index (χ1v) is 6.56. The van der Waals surface area contributed by atoms with Crippen LogP contribution in [0.4, 0.5) is 0 Å². The Morgan fingerprint density at radius 1 is 1.56 bits per heavy atom. The maximum Gasteiger partial charge on any atom is 0.269 e. The van der Waals surface area contributed by atoms with E-state index < -0.39 is 0 Å². The zero-order valence-corrected chi connectivity index (χ0v) is 11.7. The Morgan fingerprint density at radius 3 is 2.89 bits per heavy atom. The number of rotatable bonds is 7. The minimum absolute atomic E-state index is 0.0761. The van der Waals surface area contributed by atoms with Crippen molar-refractivity contribution in [3.05, 3.63) is 17.5 Å². The highest BCUT2D eigenvalue weighted by Crippen LogP contribution is 2.03. The van der Waals surface area contributed by atoms with Crippen molar-refractivity contribution in [2.45, 2.75) is 39.7 Å². The van der Waals surface area contributed by atoms with Gasteiger partial charge in [-0.25, -0.2) is 0 Å². The summed E-state index contributed by atoms with van der Waals surface area (Å²) >= 11 is 4.79. The van der Waals surface area contributed by atoms with E-state index in [0.29, 0.717) is 23.8 Å². The molecule has 5 nitrogen and oxygen atoms in total. The minimum Gasteiger partial charge on any atom is -0.393 e. The van der Waals surface area contributed by atoms with Crippen LogP contribution in [0.2, 0.25) is 0 Å². The van der Waals surface area contributed by atoms with Gasteiger partial charge >= 0.3 is 0 Å². The number of nitrogens with zero attached hydrogens (tertiary/aromatic N) is 2. The fraction of sp³-hybridized carbons (Fsp3) is 0.583. The molecule has 18 heavy (non-hydrogen) atoms. The van der Waals surface area contributed by atoms with Crippen molar-refractivity contribution in [3.63, 3.8) is 0 Å². The highest BCUT2D eigenvalue weighted by molar-refractivity contribution is 7.80. The molecule has 0 saturated carbocycles. The zero-order valence-electron chi connectivity index (χ0n) is 10.9. The average Bonchev–Trinajstić information content (AvgIpc) is 2.69. The monoisotopic (exact) mass is 268 g/mol. The van der Waals surface area contributed by atoms with Crippen LogP contribution in [0.5, 0.6) is 0 Å². The lowest BCUT2D eigenvalue weighted by Gasteiger charge is -2.06. The van der Waals surface area contributed by atoms with Crippen molar-refractivity contribution >= 4 is 23.1 Å². The van der Waals surface area contributed by atoms with Crippen LogP contribution in [-0.4, -0.2) is 27.2 Å². The predicted molar refractivity (Wildman–Crippen MR) is 75.6 cm³/mol. The molecule has 1 amide bonds. The number of carbonyl (C=O) groups excluding carboxylic acids is 1. The van der Waals surface area contributed by atoms with E-state index in [2.05, 4.69) is 10.4 Å². The molecule has 0 unspecified atom stereocenters. The molecule has 0 spiro atoms. The van der Waals surface area contributed by atoms with Crippen LogP contribution >= 0.6 is 12.2 Å². The van der Waals surface area contributed by atoms with Gasteiger partial charge in [0.1, 0.15) is 5.69 Å². The molecule has 0 aromatic carbocycles. The third-order valence-corrected chi connectivity index (χ3v) is 2.77. The molecule has 100 valence electrons. The van der Waals surface area contributed by atoms with Gasteiger partial charge in [0.25, 0.3) is 5.91 Å². The number of hydrogen-bond donors (Lipinski definition) is 2. The third-order valence-electron chi connectivity index (χ3n) is 2.57. The number of nitrogens with one attached hydrogen (secondary N) is 1. The zero-order chi connectivity index (χ0) is 13.5. The van der Waals surface area contributed by atoms with Crippen molar-refractivity contribution in [1.82, 2.24) is 15.1 Å². The van der Waals surface area contributed by atoms with Gasteiger partial charge in [0.2, 0.25) is 0 Å². The van der Waals surface area contributed by atoms with Crippen LogP contribution in [0.25, 0.3) is 0 Å². The molecule has 0 bridgehead atoms. The Labute approximate surface area is 113 Å². The third kappa shape index (κ3) is 4.44. The minimum atomic E-state index is -0.0761. The number of carbonyl (C=O) groups is 1. The number of thiocarbonyl (C=S) groups is 1. The smallest absolute Gasteiger partial charge is 0.269 e. The molecule has 0 aliphatic rings. The second-order valence-corrected chi connectivity index (χ2v) is 4.69. The molecule has 3 N–H and O–H groups in total. The standard InChI is InChI=1S/C12H20N4OS/c1-3-16-10(8-9(2)15-16)12(17)14-7-5-4-6-11(13)18/h8H,3-7H2,1-2H3,(H2,13,18)(H,14,17). The van der Waals surface area contributed by atoms with Gasteiger partial charge in [-0.3, -0.25) is 9.48 Å². The number of aryl methyl sites for hydroxylation is 2. The summed E-state index contributed by atoms with van der Waals surface area (Å²) in [6, 6.07) is 1.80. The Morgan fingerprint density at radius 2 is 2.28 bits per heavy atom. The van der Waals surface area contributed by atoms with Gasteiger partial charge in [0.05, 0.1) is 10.7 Å². The highest BCUT2D eigenvalue weighted by atomic mass is 32.1. The van der Waals surface area contributed by atoms with Crippen molar-refractivity contribution in [1.29, 1.82) is 0 Å². The van der Waals surface area contributed by atoms with Crippen LogP contribution in [-0.2, 0) is 6.54 Å². The normalized spacial score (nSPS) is 10.3. The topological polar surface area (TPSA) is 72.9 Å². The van der Waals surface area contributed by atoms with Crippen molar-refractivity contribution < 1.29 is 4.79 Å². The lowest BCUT2D eigenvalue weighted by Crippen LogP contribution is -2.27. The molecule has 1 aromatic rings. The number of hydrogen-bond acceptors (Lipinski definition) is 3. The molecule has 0 atom stereocenters. The van der Waals surface area contributed by atoms with Crippen molar-refractivity contribution in [2.75, 3.05) is 6.54 Å². The summed E-state index contributed by atoms with van der Waals surface area (Å²) in [5, 5.41) is 7.12. The van der Waals surface area contributed by atoms with Crippen molar-refractivity contribution in [2.24, 2.45) is 5.73 Å². The predicted octanol–water partition coefficient (Wildman–Crippen LogP) is 1.40. The second-order valence-electron chi connectivity index (χ2n) is 4.17. The molecule has 0 aliphatic heterocycles. The maximum absolute atomic E-state index is 11.9. The summed E-state index contributed by atoms with van der Waals surface area (Å²) in [4.78, 5) is 12.4. The average molecular weight is 268 g/mol. The fourth-order valence-corrected chi connectivity index (χ4v) is 1.83. The van der Waals surface area contributed by atoms with E-state index >= 15 is 0 Å². The van der Waals surface area contributed by atoms with E-state index in [4.69, 9.17) is 18.0 Å². The quantitative estimate of drug-likeness (QED) is 0.579. The van der Waals surface area contributed by atoms with E-state index in [1.165, 1.54) is 0 Å². The lowest BCUT2D eigenvalue weighted by molar-refractivity contribution is 0.0942. The Balaban J connectivity index is 2.38. The van der Waals surface area contributed by atoms with Crippen LogP contribution in [0.3, 0.4) is 0 Å². The summed E-state index contributed by atoms with van der Waals surface area (Å²) in [6.07, 6.45) is 2.52. The summed E-state index contributed by atoms with van der Waals surface area (Å²) in [7, 11) is 0. The first-order chi connectivity index (χ1) is 8.54. The maximum atomic E-state index is 11.9. The molecule has 0 saturated heterocycles. The summed E-state index contributed by atoms with van der Waals surface area (Å²) in [5.74, 6) is -0.0761. The van der Waals surface area contributed by atoms with Crippen LogP contribution < -0.4 is 11.1 Å². The van der Waals surface area contributed by atoms with E-state index in [1.807, 2.05) is 13.8 Å². The molecular weight excluding hydrogens is 248 g/mol. The first kappa shape index (κ1) is 14.6. The van der Waals surface area contributed by atoms with E-state index in [1.54, 1.807) is 10.7 Å². The summed E-state index contributed by atoms with van der Waals surface area (Å²) in [6.45, 7) is 5.17. The second kappa shape index (κ2) is 7.10. The van der Waals surface area contributed by atoms with Crippen LogP contribution in [0.15, 0.2) is 6.07 Å². The van der Waals surface area contributed by atoms with Gasteiger partial charge in [-0.05, 0) is 39.2 Å². The molecule has 0 radical (unpaired) electrons. The lowest BCUT2D eigenvalue weighted by atomic mass is 10.2. The number of amides is 1. The highest BCUT2D eigenvalue weighted by Gasteiger charge is 2.11. The number of unbranched alkanes of at least 4 members (excludes halogenated alkanes) is 1. The van der Waals surface area contributed by atoms with E-state index in [-0.39, 0.29) is 5.91 Å². The van der Waals surface area contributed by atoms with Crippen LogP contribution in [0, 0.1) is 6.92 Å². The first-order valence-electron chi connectivity index (χ1n) is 6.15. The van der Waals surface area contributed by atoms with Gasteiger partial charge in [-0.2, -0.15) is 5.10 Å².